The summed E-state index contributed by atoms with van der Waals surface area (Å²) in [5, 5.41) is 0. The van der Waals surface area contributed by atoms with Gasteiger partial charge in [0.05, 0.1) is 0 Å². The Morgan fingerprint density at radius 3 is 2.75 bits per heavy atom. The van der Waals surface area contributed by atoms with Gasteiger partial charge in [0.15, 0.2) is 0 Å². The van der Waals surface area contributed by atoms with Gasteiger partial charge in [0.25, 0.3) is 0 Å². The number of benzene rings is 1. The Balaban J connectivity index is 2.36. The van der Waals surface area contributed by atoms with Crippen molar-refractivity contribution >= 4 is 0 Å². The molecule has 2 rings (SSSR count). The minimum Gasteiger partial charge on any atom is -0.0622 e. The van der Waals surface area contributed by atoms with E-state index in [9.17, 15) is 0 Å². The van der Waals surface area contributed by atoms with Gasteiger partial charge in [0.2, 0.25) is 0 Å². The van der Waals surface area contributed by atoms with Gasteiger partial charge in [-0.3, -0.25) is 0 Å². The molecule has 1 aromatic rings. The Morgan fingerprint density at radius 1 is 1.25 bits per heavy atom. The van der Waals surface area contributed by atoms with E-state index in [2.05, 4.69) is 44.5 Å². The van der Waals surface area contributed by atoms with Crippen LogP contribution in [0.3, 0.4) is 0 Å². The maximum atomic E-state index is 2.44. The molecule has 1 atom stereocenters. The monoisotopic (exact) mass is 159 g/mol. The van der Waals surface area contributed by atoms with Gasteiger partial charge in [0, 0.05) is 0 Å². The van der Waals surface area contributed by atoms with E-state index in [1.165, 1.54) is 12.0 Å². The van der Waals surface area contributed by atoms with Crippen LogP contribution in [0.5, 0.6) is 0 Å². The van der Waals surface area contributed by atoms with Crippen LogP contribution in [-0.4, -0.2) is 0 Å². The van der Waals surface area contributed by atoms with Gasteiger partial charge in [-0.15, -0.1) is 0 Å². The van der Waals surface area contributed by atoms with Crippen molar-refractivity contribution in [2.24, 2.45) is 5.92 Å². The van der Waals surface area contributed by atoms with E-state index in [0.29, 0.717) is 5.92 Å². The molecule has 1 unspecified atom stereocenters. The van der Waals surface area contributed by atoms with E-state index in [4.69, 9.17) is 0 Å². The highest BCUT2D eigenvalue weighted by Crippen LogP contribution is 2.36. The maximum absolute atomic E-state index is 2.44. The smallest absolute Gasteiger partial charge is 0.0102 e. The molecule has 1 aromatic carbocycles. The second-order valence-corrected chi connectivity index (χ2v) is 3.91. The molecule has 0 aliphatic heterocycles. The Labute approximate surface area is 74.6 Å². The van der Waals surface area contributed by atoms with Crippen LogP contribution in [-0.2, 0) is 6.42 Å². The maximum Gasteiger partial charge on any atom is -0.0102 e. The average Bonchev–Trinajstić information content (AvgIpc) is 2.47. The third kappa shape index (κ3) is 1.16. The van der Waals surface area contributed by atoms with Gasteiger partial charge < -0.3 is 0 Å². The van der Waals surface area contributed by atoms with Gasteiger partial charge in [0.1, 0.15) is 0 Å². The quantitative estimate of drug-likeness (QED) is 0.590. The van der Waals surface area contributed by atoms with E-state index < -0.39 is 0 Å². The minimum atomic E-state index is 0.696. The summed E-state index contributed by atoms with van der Waals surface area (Å²) in [6.07, 6.45) is 3.61. The highest BCUT2D eigenvalue weighted by molar-refractivity contribution is 5.39. The molecule has 0 saturated carbocycles. The van der Waals surface area contributed by atoms with Crippen molar-refractivity contribution < 1.29 is 0 Å². The van der Waals surface area contributed by atoms with E-state index in [0.717, 1.165) is 5.92 Å². The Kier molecular flexibility index (Phi) is 1.92. The van der Waals surface area contributed by atoms with Crippen LogP contribution >= 0.6 is 0 Å². The summed E-state index contributed by atoms with van der Waals surface area (Å²) in [5.74, 6) is 1.44. The van der Waals surface area contributed by atoms with Crippen molar-refractivity contribution in [2.75, 3.05) is 0 Å². The van der Waals surface area contributed by atoms with Crippen molar-refractivity contribution in [1.29, 1.82) is 0 Å². The predicted octanol–water partition coefficient (Wildman–Crippen LogP) is 3.19. The lowest BCUT2D eigenvalue weighted by atomic mass is 9.90. The first-order valence-electron chi connectivity index (χ1n) is 4.70. The second kappa shape index (κ2) is 2.93. The van der Waals surface area contributed by atoms with Gasteiger partial charge in [-0.2, -0.15) is 0 Å². The zero-order valence-corrected chi connectivity index (χ0v) is 7.75. The van der Waals surface area contributed by atoms with Gasteiger partial charge in [-0.1, -0.05) is 38.1 Å². The van der Waals surface area contributed by atoms with Crippen LogP contribution in [0.1, 0.15) is 30.9 Å². The standard InChI is InChI=1S/C12H15/c1-9(2)11-8-7-10-5-3-4-6-12(10)11/h3-6,8-9,11H,7H2,1-2H3. The van der Waals surface area contributed by atoms with Crippen molar-refractivity contribution in [3.05, 3.63) is 41.8 Å². The molecule has 0 spiro atoms. The molecule has 63 valence electrons. The Hall–Kier alpha value is -0.780. The third-order valence-corrected chi connectivity index (χ3v) is 2.72. The molecule has 0 bridgehead atoms. The number of hydrogen-bond donors (Lipinski definition) is 0. The van der Waals surface area contributed by atoms with E-state index >= 15 is 0 Å². The Bertz CT molecular complexity index is 273. The molecule has 12 heavy (non-hydrogen) atoms. The molecular weight excluding hydrogens is 144 g/mol. The fourth-order valence-electron chi connectivity index (χ4n) is 2.06. The van der Waals surface area contributed by atoms with Crippen molar-refractivity contribution in [2.45, 2.75) is 26.2 Å². The Morgan fingerprint density at radius 2 is 2.00 bits per heavy atom. The summed E-state index contributed by atoms with van der Waals surface area (Å²) >= 11 is 0. The molecule has 0 heteroatoms. The molecule has 1 radical (unpaired) electrons. The lowest BCUT2D eigenvalue weighted by Gasteiger charge is -2.14. The second-order valence-electron chi connectivity index (χ2n) is 3.91. The molecule has 0 aromatic heterocycles. The lowest BCUT2D eigenvalue weighted by molar-refractivity contribution is 0.561. The largest absolute Gasteiger partial charge is 0.0622 e. The van der Waals surface area contributed by atoms with Gasteiger partial charge in [-0.25, -0.2) is 0 Å². The van der Waals surface area contributed by atoms with E-state index in [1.54, 1.807) is 5.56 Å². The zero-order chi connectivity index (χ0) is 8.55. The van der Waals surface area contributed by atoms with Crippen molar-refractivity contribution in [3.63, 3.8) is 0 Å². The van der Waals surface area contributed by atoms with E-state index in [1.807, 2.05) is 0 Å². The fraction of sp³-hybridized carbons (Fsp3) is 0.417. The summed E-state index contributed by atoms with van der Waals surface area (Å²) in [4.78, 5) is 0. The fourth-order valence-corrected chi connectivity index (χ4v) is 2.06. The zero-order valence-electron chi connectivity index (χ0n) is 7.75. The van der Waals surface area contributed by atoms with Crippen LogP contribution in [0, 0.1) is 12.3 Å². The normalized spacial score (nSPS) is 21.4. The highest BCUT2D eigenvalue weighted by atomic mass is 14.3. The summed E-state index contributed by atoms with van der Waals surface area (Å²) in [6.45, 7) is 4.59. The molecule has 0 amide bonds. The van der Waals surface area contributed by atoms with Crippen LogP contribution in [0.4, 0.5) is 0 Å². The van der Waals surface area contributed by atoms with E-state index in [-0.39, 0.29) is 0 Å². The van der Waals surface area contributed by atoms with Crippen LogP contribution in [0.2, 0.25) is 0 Å². The first-order valence-corrected chi connectivity index (χ1v) is 4.70. The molecule has 0 saturated heterocycles. The first-order chi connectivity index (χ1) is 5.79. The molecule has 1 aliphatic rings. The summed E-state index contributed by atoms with van der Waals surface area (Å²) < 4.78 is 0. The highest BCUT2D eigenvalue weighted by Gasteiger charge is 2.24. The molecule has 0 heterocycles. The van der Waals surface area contributed by atoms with Crippen LogP contribution < -0.4 is 0 Å². The number of rotatable bonds is 1. The molecule has 0 nitrogen and oxygen atoms in total. The van der Waals surface area contributed by atoms with Gasteiger partial charge >= 0.3 is 0 Å². The van der Waals surface area contributed by atoms with Crippen molar-refractivity contribution in [1.82, 2.24) is 0 Å². The minimum absolute atomic E-state index is 0.696. The predicted molar refractivity (Wildman–Crippen MR) is 52.0 cm³/mol. The first kappa shape index (κ1) is 7.85. The van der Waals surface area contributed by atoms with Crippen LogP contribution in [0.15, 0.2) is 24.3 Å². The molecule has 0 fully saturated rings. The summed E-state index contributed by atoms with van der Waals surface area (Å²) in [5.41, 5.74) is 3.07. The number of fused-ring (bicyclic) bond motifs is 1. The SMILES string of the molecule is CC(C)C1[CH]Cc2ccccc21. The van der Waals surface area contributed by atoms with Crippen LogP contribution in [0.25, 0.3) is 0 Å². The van der Waals surface area contributed by atoms with Crippen molar-refractivity contribution in [3.8, 4) is 0 Å². The van der Waals surface area contributed by atoms with Gasteiger partial charge in [-0.05, 0) is 35.8 Å². The third-order valence-electron chi connectivity index (χ3n) is 2.72. The average molecular weight is 159 g/mol. The molecule has 1 aliphatic carbocycles. The number of hydrogen-bond acceptors (Lipinski definition) is 0. The lowest BCUT2D eigenvalue weighted by Crippen LogP contribution is -2.02. The molecular formula is C12H15. The summed E-state index contributed by atoms with van der Waals surface area (Å²) in [6, 6.07) is 8.79. The molecule has 0 N–H and O–H groups in total. The topological polar surface area (TPSA) is 0 Å². The summed E-state index contributed by atoms with van der Waals surface area (Å²) in [7, 11) is 0.